The molecule has 4 heteroatoms. The van der Waals surface area contributed by atoms with E-state index in [1.807, 2.05) is 18.2 Å². The van der Waals surface area contributed by atoms with E-state index in [-0.39, 0.29) is 11.8 Å². The Hall–Kier alpha value is -1.55. The van der Waals surface area contributed by atoms with Crippen LogP contribution in [0.15, 0.2) is 24.3 Å². The fourth-order valence-electron chi connectivity index (χ4n) is 2.13. The van der Waals surface area contributed by atoms with Crippen molar-refractivity contribution in [3.8, 4) is 0 Å². The summed E-state index contributed by atoms with van der Waals surface area (Å²) >= 11 is 0. The van der Waals surface area contributed by atoms with Crippen molar-refractivity contribution in [2.24, 2.45) is 5.92 Å². The summed E-state index contributed by atoms with van der Waals surface area (Å²) in [4.78, 5) is 14.3. The summed E-state index contributed by atoms with van der Waals surface area (Å²) in [5, 5.41) is 2.93. The van der Waals surface area contributed by atoms with Crippen LogP contribution in [0.25, 0.3) is 0 Å². The molecule has 1 aliphatic heterocycles. The molecule has 0 saturated carbocycles. The van der Waals surface area contributed by atoms with E-state index in [0.717, 1.165) is 31.6 Å². The highest BCUT2D eigenvalue weighted by Gasteiger charge is 2.23. The Morgan fingerprint density at radius 1 is 1.41 bits per heavy atom. The highest BCUT2D eigenvalue weighted by Crippen LogP contribution is 2.19. The van der Waals surface area contributed by atoms with E-state index in [1.165, 1.54) is 0 Å². The molecule has 1 heterocycles. The second kappa shape index (κ2) is 5.19. The molecule has 1 aromatic rings. The Morgan fingerprint density at radius 2 is 2.12 bits per heavy atom. The van der Waals surface area contributed by atoms with Crippen LogP contribution in [-0.2, 0) is 4.79 Å². The van der Waals surface area contributed by atoms with Crippen molar-refractivity contribution in [3.63, 3.8) is 0 Å². The summed E-state index contributed by atoms with van der Waals surface area (Å²) in [6, 6.07) is 7.31. The molecule has 0 radical (unpaired) electrons. The van der Waals surface area contributed by atoms with Crippen LogP contribution in [0.4, 0.5) is 11.4 Å². The number of piperidine rings is 1. The standard InChI is InChI=1S/C13H19N3O/c1-16-7-5-10(6-8-16)13(17)15-12-4-2-3-11(14)9-12/h2-4,9-10H,5-8,14H2,1H3,(H,15,17). The summed E-state index contributed by atoms with van der Waals surface area (Å²) in [6.07, 6.45) is 1.87. The van der Waals surface area contributed by atoms with E-state index in [9.17, 15) is 4.79 Å². The van der Waals surface area contributed by atoms with Crippen molar-refractivity contribution in [1.82, 2.24) is 4.90 Å². The highest BCUT2D eigenvalue weighted by molar-refractivity contribution is 5.93. The van der Waals surface area contributed by atoms with E-state index in [4.69, 9.17) is 5.73 Å². The van der Waals surface area contributed by atoms with Crippen LogP contribution in [0.1, 0.15) is 12.8 Å². The van der Waals surface area contributed by atoms with Gasteiger partial charge in [-0.15, -0.1) is 0 Å². The van der Waals surface area contributed by atoms with Gasteiger partial charge in [-0.1, -0.05) is 6.07 Å². The lowest BCUT2D eigenvalue weighted by Gasteiger charge is -2.28. The number of nitrogens with one attached hydrogen (secondary N) is 1. The second-order valence-electron chi connectivity index (χ2n) is 4.69. The Morgan fingerprint density at radius 3 is 2.76 bits per heavy atom. The average Bonchev–Trinajstić information content (AvgIpc) is 2.29. The van der Waals surface area contributed by atoms with Crippen molar-refractivity contribution in [3.05, 3.63) is 24.3 Å². The minimum absolute atomic E-state index is 0.115. The molecule has 2 rings (SSSR count). The van der Waals surface area contributed by atoms with Crippen molar-refractivity contribution in [2.45, 2.75) is 12.8 Å². The topological polar surface area (TPSA) is 58.4 Å². The number of amides is 1. The summed E-state index contributed by atoms with van der Waals surface area (Å²) in [5.74, 6) is 0.247. The van der Waals surface area contributed by atoms with Crippen LogP contribution >= 0.6 is 0 Å². The Kier molecular flexibility index (Phi) is 3.64. The predicted octanol–water partition coefficient (Wildman–Crippen LogP) is 1.55. The lowest BCUT2D eigenvalue weighted by molar-refractivity contribution is -0.121. The van der Waals surface area contributed by atoms with Gasteiger partial charge in [0.2, 0.25) is 5.91 Å². The predicted molar refractivity (Wildman–Crippen MR) is 69.7 cm³/mol. The third kappa shape index (κ3) is 3.20. The van der Waals surface area contributed by atoms with Crippen LogP contribution in [0.3, 0.4) is 0 Å². The summed E-state index contributed by atoms with van der Waals surface area (Å²) in [5.41, 5.74) is 7.13. The summed E-state index contributed by atoms with van der Waals surface area (Å²) in [7, 11) is 2.09. The van der Waals surface area contributed by atoms with Crippen molar-refractivity contribution >= 4 is 17.3 Å². The maximum absolute atomic E-state index is 12.0. The molecule has 0 atom stereocenters. The average molecular weight is 233 g/mol. The number of hydrogen-bond donors (Lipinski definition) is 2. The maximum atomic E-state index is 12.0. The molecule has 1 aromatic carbocycles. The number of likely N-dealkylation sites (tertiary alicyclic amines) is 1. The molecule has 3 N–H and O–H groups in total. The zero-order valence-electron chi connectivity index (χ0n) is 10.1. The van der Waals surface area contributed by atoms with Crippen LogP contribution < -0.4 is 11.1 Å². The minimum Gasteiger partial charge on any atom is -0.399 e. The molecule has 0 bridgehead atoms. The van der Waals surface area contributed by atoms with Gasteiger partial charge in [-0.25, -0.2) is 0 Å². The number of hydrogen-bond acceptors (Lipinski definition) is 3. The van der Waals surface area contributed by atoms with Gasteiger partial charge in [-0.05, 0) is 51.2 Å². The van der Waals surface area contributed by atoms with Crippen LogP contribution in [0, 0.1) is 5.92 Å². The van der Waals surface area contributed by atoms with E-state index < -0.39 is 0 Å². The van der Waals surface area contributed by atoms with E-state index in [2.05, 4.69) is 17.3 Å². The molecular formula is C13H19N3O. The molecule has 0 unspecified atom stereocenters. The number of anilines is 2. The first-order valence-electron chi connectivity index (χ1n) is 6.00. The molecular weight excluding hydrogens is 214 g/mol. The van der Waals surface area contributed by atoms with Crippen LogP contribution in [0.2, 0.25) is 0 Å². The Labute approximate surface area is 102 Å². The zero-order chi connectivity index (χ0) is 12.3. The van der Waals surface area contributed by atoms with Crippen molar-refractivity contribution in [1.29, 1.82) is 0 Å². The maximum Gasteiger partial charge on any atom is 0.227 e. The summed E-state index contributed by atoms with van der Waals surface area (Å²) in [6.45, 7) is 1.99. The van der Waals surface area contributed by atoms with Gasteiger partial charge in [-0.3, -0.25) is 4.79 Å². The SMILES string of the molecule is CN1CCC(C(=O)Nc2cccc(N)c2)CC1. The van der Waals surface area contributed by atoms with Gasteiger partial charge >= 0.3 is 0 Å². The quantitative estimate of drug-likeness (QED) is 0.762. The van der Waals surface area contributed by atoms with Crippen molar-refractivity contribution in [2.75, 3.05) is 31.2 Å². The third-order valence-electron chi connectivity index (χ3n) is 3.24. The lowest BCUT2D eigenvalue weighted by atomic mass is 9.96. The molecule has 0 aromatic heterocycles. The second-order valence-corrected chi connectivity index (χ2v) is 4.69. The van der Waals surface area contributed by atoms with Gasteiger partial charge in [0.15, 0.2) is 0 Å². The Balaban J connectivity index is 1.93. The molecule has 0 spiro atoms. The molecule has 1 amide bonds. The van der Waals surface area contributed by atoms with Gasteiger partial charge in [0, 0.05) is 17.3 Å². The smallest absolute Gasteiger partial charge is 0.227 e. The number of rotatable bonds is 2. The molecule has 1 fully saturated rings. The molecule has 92 valence electrons. The fraction of sp³-hybridized carbons (Fsp3) is 0.462. The summed E-state index contributed by atoms with van der Waals surface area (Å²) < 4.78 is 0. The van der Waals surface area contributed by atoms with Gasteiger partial charge < -0.3 is 16.0 Å². The van der Waals surface area contributed by atoms with E-state index in [0.29, 0.717) is 5.69 Å². The normalized spacial score (nSPS) is 17.9. The lowest BCUT2D eigenvalue weighted by Crippen LogP contribution is -2.35. The van der Waals surface area contributed by atoms with Crippen LogP contribution in [0.5, 0.6) is 0 Å². The number of nitrogen functional groups attached to an aromatic ring is 1. The van der Waals surface area contributed by atoms with E-state index >= 15 is 0 Å². The monoisotopic (exact) mass is 233 g/mol. The van der Waals surface area contributed by atoms with Gasteiger partial charge in [0.25, 0.3) is 0 Å². The number of carbonyl (C=O) groups excluding carboxylic acids is 1. The first kappa shape index (κ1) is 11.9. The number of nitrogens with two attached hydrogens (primary N) is 1. The molecule has 0 aliphatic carbocycles. The first-order chi connectivity index (χ1) is 8.15. The van der Waals surface area contributed by atoms with Gasteiger partial charge in [0.05, 0.1) is 0 Å². The number of benzene rings is 1. The number of nitrogens with zero attached hydrogens (tertiary/aromatic N) is 1. The van der Waals surface area contributed by atoms with E-state index in [1.54, 1.807) is 6.07 Å². The fourth-order valence-corrected chi connectivity index (χ4v) is 2.13. The largest absolute Gasteiger partial charge is 0.399 e. The first-order valence-corrected chi connectivity index (χ1v) is 6.00. The minimum atomic E-state index is 0.115. The van der Waals surface area contributed by atoms with Crippen LogP contribution in [-0.4, -0.2) is 30.9 Å². The van der Waals surface area contributed by atoms with Crippen molar-refractivity contribution < 1.29 is 4.79 Å². The highest BCUT2D eigenvalue weighted by atomic mass is 16.1. The Bertz CT molecular complexity index is 397. The molecule has 1 saturated heterocycles. The molecule has 17 heavy (non-hydrogen) atoms. The number of carbonyl (C=O) groups is 1. The van der Waals surface area contributed by atoms with Gasteiger partial charge in [0.1, 0.15) is 0 Å². The third-order valence-corrected chi connectivity index (χ3v) is 3.24. The van der Waals surface area contributed by atoms with Gasteiger partial charge in [-0.2, -0.15) is 0 Å². The molecule has 1 aliphatic rings. The zero-order valence-corrected chi connectivity index (χ0v) is 10.1. The molecule has 4 nitrogen and oxygen atoms in total.